The number of carbonyl (C=O) groups is 1. The summed E-state index contributed by atoms with van der Waals surface area (Å²) in [5.74, 6) is -0.565. The minimum absolute atomic E-state index is 0.207. The van der Waals surface area contributed by atoms with Gasteiger partial charge in [-0.3, -0.25) is 4.68 Å². The molecule has 5 rings (SSSR count). The number of nitrogens with zero attached hydrogens (tertiary/aromatic N) is 5. The van der Waals surface area contributed by atoms with E-state index < -0.39 is 17.6 Å². The Morgan fingerprint density at radius 2 is 2.12 bits per heavy atom. The summed E-state index contributed by atoms with van der Waals surface area (Å²) in [5, 5.41) is 11.2. The highest BCUT2D eigenvalue weighted by Crippen LogP contribution is 2.44. The van der Waals surface area contributed by atoms with E-state index in [0.29, 0.717) is 31.0 Å². The zero-order valence-corrected chi connectivity index (χ0v) is 17.1. The largest absolute Gasteiger partial charge is 0.419 e. The van der Waals surface area contributed by atoms with Gasteiger partial charge in [-0.25, -0.2) is 9.78 Å². The van der Waals surface area contributed by atoms with Crippen molar-refractivity contribution in [3.8, 4) is 11.3 Å². The zero-order chi connectivity index (χ0) is 22.7. The van der Waals surface area contributed by atoms with Gasteiger partial charge in [0.15, 0.2) is 0 Å². The average molecular weight is 447 g/mol. The van der Waals surface area contributed by atoms with E-state index in [4.69, 9.17) is 10.3 Å². The van der Waals surface area contributed by atoms with Crippen molar-refractivity contribution in [1.29, 1.82) is 0 Å². The maximum atomic E-state index is 13.2. The molecule has 5 heterocycles. The molecule has 2 amide bonds. The number of anilines is 1. The number of rotatable bonds is 3. The van der Waals surface area contributed by atoms with Crippen LogP contribution in [-0.2, 0) is 18.1 Å². The predicted molar refractivity (Wildman–Crippen MR) is 106 cm³/mol. The summed E-state index contributed by atoms with van der Waals surface area (Å²) in [6.45, 7) is 3.46. The second-order valence-corrected chi connectivity index (χ2v) is 8.27. The van der Waals surface area contributed by atoms with Gasteiger partial charge < -0.3 is 20.5 Å². The minimum Gasteiger partial charge on any atom is -0.383 e. The first-order chi connectivity index (χ1) is 15.2. The van der Waals surface area contributed by atoms with Gasteiger partial charge in [0.05, 0.1) is 17.3 Å². The number of aromatic nitrogens is 4. The van der Waals surface area contributed by atoms with E-state index in [-0.39, 0.29) is 23.1 Å². The summed E-state index contributed by atoms with van der Waals surface area (Å²) >= 11 is 0. The average Bonchev–Trinajstić information content (AvgIpc) is 3.42. The third-order valence-corrected chi connectivity index (χ3v) is 6.16. The maximum Gasteiger partial charge on any atom is 0.419 e. The lowest BCUT2D eigenvalue weighted by atomic mass is 9.76. The lowest BCUT2D eigenvalue weighted by Crippen LogP contribution is -2.62. The molecule has 0 aromatic carbocycles. The smallest absolute Gasteiger partial charge is 0.383 e. The highest BCUT2D eigenvalue weighted by atomic mass is 19.4. The Bertz CT molecular complexity index is 1170. The van der Waals surface area contributed by atoms with E-state index in [0.717, 1.165) is 18.2 Å². The molecule has 2 aliphatic heterocycles. The minimum atomic E-state index is -4.60. The van der Waals surface area contributed by atoms with E-state index in [1.165, 1.54) is 12.5 Å². The number of urea groups is 1. The maximum absolute atomic E-state index is 13.2. The standard InChI is InChI=1S/C20H20F3N7O2/c1-11(14-2-5-32-28-14)26-18(31)29-9-19(10-29)3-4-30-16(19)7-15(27-30)12-6-13(20(21,22)23)17(24)25-8-12/h2,5-8,11H,3-4,9-10H2,1H3,(H2,24,25)(H,26,31). The lowest BCUT2D eigenvalue weighted by molar-refractivity contribution is -0.137. The molecule has 1 spiro atoms. The summed E-state index contributed by atoms with van der Waals surface area (Å²) in [6, 6.07) is 3.95. The Balaban J connectivity index is 1.32. The molecule has 0 bridgehead atoms. The van der Waals surface area contributed by atoms with Crippen LogP contribution in [0.1, 0.15) is 36.3 Å². The second-order valence-electron chi connectivity index (χ2n) is 8.27. The molecule has 0 saturated carbocycles. The summed E-state index contributed by atoms with van der Waals surface area (Å²) in [6.07, 6.45) is -1.04. The summed E-state index contributed by atoms with van der Waals surface area (Å²) < 4.78 is 46.2. The third-order valence-electron chi connectivity index (χ3n) is 6.16. The fourth-order valence-corrected chi connectivity index (χ4v) is 4.39. The Morgan fingerprint density at radius 3 is 2.81 bits per heavy atom. The molecule has 9 nitrogen and oxygen atoms in total. The third kappa shape index (κ3) is 3.26. The molecule has 12 heteroatoms. The molecule has 1 atom stereocenters. The first-order valence-corrected chi connectivity index (χ1v) is 10.0. The molecule has 168 valence electrons. The van der Waals surface area contributed by atoms with E-state index in [2.05, 4.69) is 20.6 Å². The van der Waals surface area contributed by atoms with Crippen LogP contribution in [-0.4, -0.2) is 43.9 Å². The highest BCUT2D eigenvalue weighted by Gasteiger charge is 2.51. The number of fused-ring (bicyclic) bond motifs is 2. The van der Waals surface area contributed by atoms with Crippen LogP contribution in [0, 0.1) is 0 Å². The van der Waals surface area contributed by atoms with Crippen LogP contribution in [0.2, 0.25) is 0 Å². The van der Waals surface area contributed by atoms with Crippen LogP contribution in [0.15, 0.2) is 35.2 Å². The number of hydrogen-bond acceptors (Lipinski definition) is 6. The van der Waals surface area contributed by atoms with Crippen LogP contribution in [0.5, 0.6) is 0 Å². The van der Waals surface area contributed by atoms with Crippen LogP contribution in [0.4, 0.5) is 23.8 Å². The van der Waals surface area contributed by atoms with Gasteiger partial charge in [0.1, 0.15) is 17.8 Å². The van der Waals surface area contributed by atoms with Crippen LogP contribution in [0.25, 0.3) is 11.3 Å². The van der Waals surface area contributed by atoms with E-state index in [1.807, 2.05) is 6.92 Å². The van der Waals surface area contributed by atoms with Crippen molar-refractivity contribution in [2.24, 2.45) is 0 Å². The molecule has 1 saturated heterocycles. The Labute approximate surface area is 180 Å². The number of hydrogen-bond donors (Lipinski definition) is 2. The number of carbonyl (C=O) groups excluding carboxylic acids is 1. The number of alkyl halides is 3. The van der Waals surface area contributed by atoms with Crippen LogP contribution in [0.3, 0.4) is 0 Å². The van der Waals surface area contributed by atoms with Crippen molar-refractivity contribution in [3.05, 3.63) is 47.6 Å². The fourth-order valence-electron chi connectivity index (χ4n) is 4.39. The first-order valence-electron chi connectivity index (χ1n) is 10.0. The molecule has 3 N–H and O–H groups in total. The number of nitrogens with two attached hydrogens (primary N) is 1. The van der Waals surface area contributed by atoms with Crippen molar-refractivity contribution >= 4 is 11.8 Å². The van der Waals surface area contributed by atoms with Crippen molar-refractivity contribution < 1.29 is 22.5 Å². The van der Waals surface area contributed by atoms with Crippen LogP contribution >= 0.6 is 0 Å². The van der Waals surface area contributed by atoms with Gasteiger partial charge in [-0.2, -0.15) is 18.3 Å². The number of likely N-dealkylation sites (tertiary alicyclic amines) is 1. The van der Waals surface area contributed by atoms with Gasteiger partial charge in [0.2, 0.25) is 0 Å². The van der Waals surface area contributed by atoms with Crippen molar-refractivity contribution in [2.75, 3.05) is 18.8 Å². The molecule has 32 heavy (non-hydrogen) atoms. The quantitative estimate of drug-likeness (QED) is 0.638. The number of nitrogen functional groups attached to an aromatic ring is 1. The van der Waals surface area contributed by atoms with E-state index in [1.54, 1.807) is 21.7 Å². The zero-order valence-electron chi connectivity index (χ0n) is 17.1. The molecular weight excluding hydrogens is 427 g/mol. The van der Waals surface area contributed by atoms with Gasteiger partial charge in [0.25, 0.3) is 0 Å². The van der Waals surface area contributed by atoms with Gasteiger partial charge in [0, 0.05) is 48.6 Å². The summed E-state index contributed by atoms with van der Waals surface area (Å²) in [7, 11) is 0. The number of halogens is 3. The van der Waals surface area contributed by atoms with Gasteiger partial charge in [-0.1, -0.05) is 5.16 Å². The lowest BCUT2D eigenvalue weighted by Gasteiger charge is -2.47. The van der Waals surface area contributed by atoms with E-state index >= 15 is 0 Å². The summed E-state index contributed by atoms with van der Waals surface area (Å²) in [4.78, 5) is 18.0. The molecule has 1 unspecified atom stereocenters. The number of amides is 2. The van der Waals surface area contributed by atoms with E-state index in [9.17, 15) is 18.0 Å². The van der Waals surface area contributed by atoms with Crippen molar-refractivity contribution in [3.63, 3.8) is 0 Å². The first kappa shape index (κ1) is 20.3. The van der Waals surface area contributed by atoms with Crippen molar-refractivity contribution in [2.45, 2.75) is 37.5 Å². The van der Waals surface area contributed by atoms with Gasteiger partial charge in [-0.05, 0) is 25.5 Å². The predicted octanol–water partition coefficient (Wildman–Crippen LogP) is 2.96. The molecule has 0 radical (unpaired) electrons. The monoisotopic (exact) mass is 447 g/mol. The molecule has 2 aliphatic rings. The Kier molecular flexibility index (Phi) is 4.43. The van der Waals surface area contributed by atoms with Crippen molar-refractivity contribution in [1.82, 2.24) is 30.1 Å². The number of nitrogens with one attached hydrogen (secondary N) is 1. The Hall–Kier alpha value is -3.57. The SMILES string of the molecule is CC(NC(=O)N1CC2(CCn3nc(-c4cnc(N)c(C(F)(F)F)c4)cc32)C1)c1ccon1. The molecule has 1 fully saturated rings. The van der Waals surface area contributed by atoms with Crippen LogP contribution < -0.4 is 11.1 Å². The number of pyridine rings is 1. The second kappa shape index (κ2) is 6.97. The molecular formula is C20H20F3N7O2. The topological polar surface area (TPSA) is 115 Å². The Morgan fingerprint density at radius 1 is 1.34 bits per heavy atom. The normalized spacial score (nSPS) is 17.8. The molecule has 3 aromatic heterocycles. The summed E-state index contributed by atoms with van der Waals surface area (Å²) in [5.41, 5.74) is 6.35. The fraction of sp³-hybridized carbons (Fsp3) is 0.400. The molecule has 3 aromatic rings. The molecule has 0 aliphatic carbocycles. The number of aryl methyl sites for hydroxylation is 1. The highest BCUT2D eigenvalue weighted by molar-refractivity contribution is 5.76. The van der Waals surface area contributed by atoms with Gasteiger partial charge >= 0.3 is 12.2 Å². The van der Waals surface area contributed by atoms with Gasteiger partial charge in [-0.15, -0.1) is 0 Å².